The first-order chi connectivity index (χ1) is 18.1. The fourth-order valence-electron chi connectivity index (χ4n) is 4.39. The minimum Gasteiger partial charge on any atom is -0.475 e. The highest BCUT2D eigenvalue weighted by Crippen LogP contribution is 2.42. The predicted molar refractivity (Wildman–Crippen MR) is 120 cm³/mol. The van der Waals surface area contributed by atoms with Gasteiger partial charge in [-0.15, -0.1) is 0 Å². The van der Waals surface area contributed by atoms with E-state index in [9.17, 15) is 31.1 Å². The van der Waals surface area contributed by atoms with Crippen LogP contribution in [0.25, 0.3) is 0 Å². The van der Waals surface area contributed by atoms with E-state index in [-0.39, 0.29) is 17.9 Å². The van der Waals surface area contributed by atoms with Crippen LogP contribution in [0.15, 0.2) is 24.4 Å². The van der Waals surface area contributed by atoms with E-state index in [4.69, 9.17) is 29.3 Å². The molecule has 0 aromatic carbocycles. The summed E-state index contributed by atoms with van der Waals surface area (Å²) in [6.45, 7) is 6.94. The van der Waals surface area contributed by atoms with Crippen LogP contribution >= 0.6 is 0 Å². The van der Waals surface area contributed by atoms with Crippen LogP contribution in [0, 0.1) is 11.3 Å². The van der Waals surface area contributed by atoms with Gasteiger partial charge in [-0.2, -0.15) is 26.3 Å². The Hall–Kier alpha value is -2.98. The molecule has 16 heteroatoms. The van der Waals surface area contributed by atoms with Crippen LogP contribution in [0.4, 0.5) is 26.3 Å². The maximum atomic E-state index is 12.2. The molecule has 2 N–H and O–H groups in total. The first-order valence-corrected chi connectivity index (χ1v) is 11.8. The molecule has 10 nitrogen and oxygen atoms in total. The van der Waals surface area contributed by atoms with Crippen molar-refractivity contribution in [3.63, 3.8) is 0 Å². The van der Waals surface area contributed by atoms with Crippen molar-refractivity contribution in [1.82, 2.24) is 14.8 Å². The van der Waals surface area contributed by atoms with Crippen LogP contribution in [0.5, 0.6) is 0 Å². The monoisotopic (exact) mass is 573 g/mol. The lowest BCUT2D eigenvalue weighted by molar-refractivity contribution is -0.193. The minimum atomic E-state index is -5.08. The molecule has 4 rings (SSSR count). The number of hydrogen-bond donors (Lipinski definition) is 2. The highest BCUT2D eigenvalue weighted by molar-refractivity contribution is 5.77. The Morgan fingerprint density at radius 1 is 1.05 bits per heavy atom. The lowest BCUT2D eigenvalue weighted by atomic mass is 9.82. The highest BCUT2D eigenvalue weighted by atomic mass is 19.4. The average Bonchev–Trinajstić information content (AvgIpc) is 3.56. The van der Waals surface area contributed by atoms with Gasteiger partial charge in [0.05, 0.1) is 25.5 Å². The minimum absolute atomic E-state index is 0.0278. The van der Waals surface area contributed by atoms with Gasteiger partial charge in [-0.05, 0) is 25.0 Å². The standard InChI is InChI=1S/C19H27N3O3.2C2HF3O2/c23-18(22-7-3-4-8-22)12-25-15-19-13-21(9-16(19)11-24-14-19)10-17-5-1-2-6-20-17;2*3-2(4,5)1(6)7/h1-2,5-6,16H,3-4,7-15H2;2*(H,6,7)/t16-,19+;;/m1../s1. The van der Waals surface area contributed by atoms with Crippen molar-refractivity contribution in [1.29, 1.82) is 0 Å². The van der Waals surface area contributed by atoms with E-state index in [2.05, 4.69) is 16.0 Å². The van der Waals surface area contributed by atoms with Gasteiger partial charge >= 0.3 is 24.3 Å². The molecule has 1 aromatic rings. The maximum absolute atomic E-state index is 12.2. The Balaban J connectivity index is 0.000000317. The third-order valence-electron chi connectivity index (χ3n) is 6.26. The number of carbonyl (C=O) groups is 3. The lowest BCUT2D eigenvalue weighted by Gasteiger charge is -2.27. The molecule has 3 aliphatic heterocycles. The van der Waals surface area contributed by atoms with Gasteiger partial charge in [-0.3, -0.25) is 14.7 Å². The topological polar surface area (TPSA) is 130 Å². The van der Waals surface area contributed by atoms with Gasteiger partial charge in [-0.1, -0.05) is 6.07 Å². The van der Waals surface area contributed by atoms with Crippen LogP contribution in [0.3, 0.4) is 0 Å². The molecule has 4 heterocycles. The van der Waals surface area contributed by atoms with Gasteiger partial charge in [0.15, 0.2) is 0 Å². The van der Waals surface area contributed by atoms with Crippen molar-refractivity contribution in [3.8, 4) is 0 Å². The van der Waals surface area contributed by atoms with Gasteiger partial charge in [0.1, 0.15) is 6.61 Å². The maximum Gasteiger partial charge on any atom is 0.490 e. The van der Waals surface area contributed by atoms with Crippen LogP contribution in [-0.4, -0.2) is 108 Å². The number of pyridine rings is 1. The van der Waals surface area contributed by atoms with E-state index >= 15 is 0 Å². The Morgan fingerprint density at radius 3 is 2.15 bits per heavy atom. The summed E-state index contributed by atoms with van der Waals surface area (Å²) in [7, 11) is 0. The van der Waals surface area contributed by atoms with E-state index in [1.54, 1.807) is 0 Å². The molecule has 1 amide bonds. The highest BCUT2D eigenvalue weighted by Gasteiger charge is 2.50. The SMILES string of the molecule is O=C(COC[C@]12COC[C@H]1CN(Cc1ccccn1)C2)N1CCCC1.O=C(O)C(F)(F)F.O=C(O)C(F)(F)F. The Morgan fingerprint density at radius 2 is 1.64 bits per heavy atom. The number of ether oxygens (including phenoxy) is 2. The molecule has 3 aliphatic rings. The first-order valence-electron chi connectivity index (χ1n) is 11.8. The third-order valence-corrected chi connectivity index (χ3v) is 6.26. The van der Waals surface area contributed by atoms with Crippen molar-refractivity contribution in [2.45, 2.75) is 31.7 Å². The second-order valence-electron chi connectivity index (χ2n) is 9.25. The molecular formula is C23H29F6N3O7. The summed E-state index contributed by atoms with van der Waals surface area (Å²) in [5.74, 6) is -4.90. The number of alkyl halides is 6. The lowest BCUT2D eigenvalue weighted by Crippen LogP contribution is -2.38. The van der Waals surface area contributed by atoms with Gasteiger partial charge in [0, 0.05) is 50.3 Å². The summed E-state index contributed by atoms with van der Waals surface area (Å²) in [4.78, 5) is 38.8. The largest absolute Gasteiger partial charge is 0.490 e. The smallest absolute Gasteiger partial charge is 0.475 e. The van der Waals surface area contributed by atoms with Gasteiger partial charge in [-0.25, -0.2) is 9.59 Å². The second kappa shape index (κ2) is 13.9. The molecule has 0 unspecified atom stereocenters. The zero-order chi connectivity index (χ0) is 29.3. The number of aliphatic carboxylic acids is 2. The molecular weight excluding hydrogens is 544 g/mol. The summed E-state index contributed by atoms with van der Waals surface area (Å²) in [6.07, 6.45) is -6.08. The van der Waals surface area contributed by atoms with E-state index in [0.717, 1.165) is 64.5 Å². The Kier molecular flexibility index (Phi) is 11.5. The number of likely N-dealkylation sites (tertiary alicyclic amines) is 2. The van der Waals surface area contributed by atoms with Crippen molar-refractivity contribution < 1.29 is 60.4 Å². The molecule has 0 bridgehead atoms. The average molecular weight is 573 g/mol. The fourth-order valence-corrected chi connectivity index (χ4v) is 4.39. The molecule has 0 radical (unpaired) electrons. The zero-order valence-corrected chi connectivity index (χ0v) is 20.7. The van der Waals surface area contributed by atoms with Crippen LogP contribution in [-0.2, 0) is 30.4 Å². The molecule has 0 spiro atoms. The van der Waals surface area contributed by atoms with E-state index < -0.39 is 24.3 Å². The number of fused-ring (bicyclic) bond motifs is 1. The predicted octanol–water partition coefficient (Wildman–Crippen LogP) is 2.44. The summed E-state index contributed by atoms with van der Waals surface area (Å²) in [5, 5.41) is 14.2. The molecule has 2 atom stereocenters. The fraction of sp³-hybridized carbons (Fsp3) is 0.652. The van der Waals surface area contributed by atoms with Crippen LogP contribution in [0.1, 0.15) is 18.5 Å². The van der Waals surface area contributed by atoms with E-state index in [1.165, 1.54) is 0 Å². The second-order valence-corrected chi connectivity index (χ2v) is 9.25. The Bertz CT molecular complexity index is 934. The van der Waals surface area contributed by atoms with Crippen molar-refractivity contribution in [2.24, 2.45) is 11.3 Å². The number of carboxylic acid groups (broad SMARTS) is 2. The van der Waals surface area contributed by atoms with Crippen LogP contribution < -0.4 is 0 Å². The Labute approximate surface area is 219 Å². The number of rotatable bonds is 6. The number of nitrogens with zero attached hydrogens (tertiary/aromatic N) is 3. The summed E-state index contributed by atoms with van der Waals surface area (Å²) in [6, 6.07) is 6.05. The zero-order valence-electron chi connectivity index (χ0n) is 20.7. The van der Waals surface area contributed by atoms with Gasteiger partial charge in [0.25, 0.3) is 0 Å². The molecule has 220 valence electrons. The molecule has 39 heavy (non-hydrogen) atoms. The summed E-state index contributed by atoms with van der Waals surface area (Å²) < 4.78 is 75.1. The molecule has 3 saturated heterocycles. The normalized spacial score (nSPS) is 22.8. The number of amides is 1. The van der Waals surface area contributed by atoms with E-state index in [0.29, 0.717) is 12.5 Å². The van der Waals surface area contributed by atoms with E-state index in [1.807, 2.05) is 23.2 Å². The number of hydrogen-bond acceptors (Lipinski definition) is 7. The third kappa shape index (κ3) is 10.3. The van der Waals surface area contributed by atoms with Crippen molar-refractivity contribution >= 4 is 17.8 Å². The number of carbonyl (C=O) groups excluding carboxylic acids is 1. The van der Waals surface area contributed by atoms with Crippen LogP contribution in [0.2, 0.25) is 0 Å². The number of halogens is 6. The first kappa shape index (κ1) is 32.2. The molecule has 3 fully saturated rings. The quantitative estimate of drug-likeness (QED) is 0.493. The van der Waals surface area contributed by atoms with Crippen molar-refractivity contribution in [2.75, 3.05) is 52.6 Å². The summed E-state index contributed by atoms with van der Waals surface area (Å²) in [5.41, 5.74) is 1.13. The number of aromatic nitrogens is 1. The molecule has 0 aliphatic carbocycles. The number of carboxylic acids is 2. The van der Waals surface area contributed by atoms with Crippen molar-refractivity contribution in [3.05, 3.63) is 30.1 Å². The molecule has 1 aromatic heterocycles. The van der Waals surface area contributed by atoms with Gasteiger partial charge < -0.3 is 24.6 Å². The molecule has 0 saturated carbocycles. The van der Waals surface area contributed by atoms with Gasteiger partial charge in [0.2, 0.25) is 5.91 Å². The summed E-state index contributed by atoms with van der Waals surface area (Å²) >= 11 is 0.